The average Bonchev–Trinajstić information content (AvgIpc) is 3.32. The summed E-state index contributed by atoms with van der Waals surface area (Å²) in [7, 11) is 0. The zero-order chi connectivity index (χ0) is 21.4. The van der Waals surface area contributed by atoms with E-state index in [2.05, 4.69) is 25.5 Å². The highest BCUT2D eigenvalue weighted by molar-refractivity contribution is 5.96. The summed E-state index contributed by atoms with van der Waals surface area (Å²) >= 11 is 0. The van der Waals surface area contributed by atoms with Gasteiger partial charge in [-0.15, -0.1) is 0 Å². The summed E-state index contributed by atoms with van der Waals surface area (Å²) in [6.45, 7) is 0.180. The number of halogens is 1. The maximum atomic E-state index is 14.2. The second-order valence-electron chi connectivity index (χ2n) is 7.30. The maximum absolute atomic E-state index is 14.2. The molecule has 31 heavy (non-hydrogen) atoms. The van der Waals surface area contributed by atoms with Crippen LogP contribution in [0.2, 0.25) is 0 Å². The van der Waals surface area contributed by atoms with E-state index in [1.165, 1.54) is 18.5 Å². The molecule has 0 saturated heterocycles. The van der Waals surface area contributed by atoms with Crippen LogP contribution in [0, 0.1) is 11.7 Å². The van der Waals surface area contributed by atoms with Gasteiger partial charge >= 0.3 is 0 Å². The zero-order valence-electron chi connectivity index (χ0n) is 16.3. The highest BCUT2D eigenvalue weighted by Crippen LogP contribution is 2.31. The summed E-state index contributed by atoms with van der Waals surface area (Å²) in [4.78, 5) is 20.6. The van der Waals surface area contributed by atoms with Crippen molar-refractivity contribution in [1.29, 1.82) is 0 Å². The van der Waals surface area contributed by atoms with E-state index in [4.69, 9.17) is 10.3 Å². The minimum absolute atomic E-state index is 0.0400. The molecule has 10 heteroatoms. The number of hydrogen-bond donors (Lipinski definition) is 2. The number of anilines is 2. The van der Waals surface area contributed by atoms with E-state index in [0.717, 1.165) is 12.8 Å². The van der Waals surface area contributed by atoms with Gasteiger partial charge in [-0.25, -0.2) is 14.4 Å². The Labute approximate surface area is 176 Å². The summed E-state index contributed by atoms with van der Waals surface area (Å²) in [5.41, 5.74) is 8.45. The lowest BCUT2D eigenvalue weighted by molar-refractivity contribution is -0.117. The molecule has 1 amide bonds. The van der Waals surface area contributed by atoms with Crippen LogP contribution in [0.15, 0.2) is 53.4 Å². The third kappa shape index (κ3) is 3.87. The van der Waals surface area contributed by atoms with Crippen molar-refractivity contribution in [2.45, 2.75) is 19.4 Å². The second-order valence-corrected chi connectivity index (χ2v) is 7.30. The third-order valence-corrected chi connectivity index (χ3v) is 5.01. The number of carbonyl (C=O) groups is 1. The molecule has 3 N–H and O–H groups in total. The Kier molecular flexibility index (Phi) is 4.66. The van der Waals surface area contributed by atoms with Gasteiger partial charge in [-0.05, 0) is 25.0 Å². The van der Waals surface area contributed by atoms with Crippen LogP contribution in [0.1, 0.15) is 18.4 Å². The van der Waals surface area contributed by atoms with Gasteiger partial charge in [-0.2, -0.15) is 5.10 Å². The minimum atomic E-state index is -0.332. The molecule has 0 radical (unpaired) electrons. The highest BCUT2D eigenvalue weighted by Gasteiger charge is 2.30. The fourth-order valence-corrected chi connectivity index (χ4v) is 3.18. The molecule has 3 heterocycles. The standard InChI is InChI=1S/C21H18FN7O2/c22-14-4-2-1-3-13(14)11-29-18(15-7-8-31-28-15)9-16(27-29)20-24-10-17(19(23)26-20)25-21(30)12-5-6-12/h1-4,7-10,12H,5-6,11H2,(H,25,30)(H2,23,24,26). The number of nitrogens with one attached hydrogen (secondary N) is 1. The summed E-state index contributed by atoms with van der Waals surface area (Å²) in [5.74, 6) is 0.0511. The summed E-state index contributed by atoms with van der Waals surface area (Å²) in [6, 6.07) is 9.90. The first kappa shape index (κ1) is 18.9. The van der Waals surface area contributed by atoms with E-state index in [1.54, 1.807) is 35.0 Å². The largest absolute Gasteiger partial charge is 0.382 e. The van der Waals surface area contributed by atoms with Crippen LogP contribution >= 0.6 is 0 Å². The molecule has 1 aromatic carbocycles. The summed E-state index contributed by atoms with van der Waals surface area (Å²) < 4.78 is 20.7. The number of nitrogens with two attached hydrogens (primary N) is 1. The van der Waals surface area contributed by atoms with Crippen LogP contribution < -0.4 is 11.1 Å². The third-order valence-electron chi connectivity index (χ3n) is 5.01. The van der Waals surface area contributed by atoms with Crippen LogP contribution in [-0.4, -0.2) is 30.8 Å². The normalized spacial score (nSPS) is 13.3. The Bertz CT molecular complexity index is 1250. The Balaban J connectivity index is 1.48. The number of carbonyl (C=O) groups excluding carboxylic acids is 1. The van der Waals surface area contributed by atoms with Crippen molar-refractivity contribution in [3.63, 3.8) is 0 Å². The van der Waals surface area contributed by atoms with Gasteiger partial charge in [0.25, 0.3) is 0 Å². The van der Waals surface area contributed by atoms with Crippen LogP contribution in [0.25, 0.3) is 22.9 Å². The molecule has 4 aromatic rings. The Hall–Kier alpha value is -4.08. The molecule has 1 aliphatic rings. The Morgan fingerprint density at radius 3 is 2.81 bits per heavy atom. The van der Waals surface area contributed by atoms with Crippen LogP contribution in [0.3, 0.4) is 0 Å². The lowest BCUT2D eigenvalue weighted by atomic mass is 10.2. The fraction of sp³-hybridized carbons (Fsp3) is 0.190. The van der Waals surface area contributed by atoms with Gasteiger partial charge in [-0.1, -0.05) is 23.4 Å². The summed E-state index contributed by atoms with van der Waals surface area (Å²) in [5, 5.41) is 11.3. The van der Waals surface area contributed by atoms with Crippen LogP contribution in [0.5, 0.6) is 0 Å². The summed E-state index contributed by atoms with van der Waals surface area (Å²) in [6.07, 6.45) is 4.68. The first-order valence-electron chi connectivity index (χ1n) is 9.74. The first-order valence-corrected chi connectivity index (χ1v) is 9.74. The van der Waals surface area contributed by atoms with Gasteiger partial charge < -0.3 is 15.6 Å². The van der Waals surface area contributed by atoms with E-state index >= 15 is 0 Å². The Morgan fingerprint density at radius 2 is 2.10 bits per heavy atom. The van der Waals surface area contributed by atoms with E-state index in [9.17, 15) is 9.18 Å². The van der Waals surface area contributed by atoms with Crippen molar-refractivity contribution in [3.05, 3.63) is 60.2 Å². The van der Waals surface area contributed by atoms with Gasteiger partial charge in [0.15, 0.2) is 11.6 Å². The molecular formula is C21H18FN7O2. The van der Waals surface area contributed by atoms with Crippen molar-refractivity contribution >= 4 is 17.4 Å². The molecule has 0 atom stereocenters. The molecule has 3 aromatic heterocycles. The number of benzene rings is 1. The van der Waals surface area contributed by atoms with Gasteiger partial charge in [0.05, 0.1) is 18.4 Å². The monoisotopic (exact) mass is 419 g/mol. The fourth-order valence-electron chi connectivity index (χ4n) is 3.18. The predicted octanol–water partition coefficient (Wildman–Crippen LogP) is 3.11. The smallest absolute Gasteiger partial charge is 0.227 e. The van der Waals surface area contributed by atoms with Gasteiger partial charge in [0, 0.05) is 17.5 Å². The first-order chi connectivity index (χ1) is 15.1. The topological polar surface area (TPSA) is 125 Å². The number of rotatable bonds is 6. The Morgan fingerprint density at radius 1 is 1.26 bits per heavy atom. The molecule has 0 bridgehead atoms. The molecule has 156 valence electrons. The number of hydrogen-bond acceptors (Lipinski definition) is 7. The van der Waals surface area contributed by atoms with E-state index < -0.39 is 0 Å². The molecule has 0 spiro atoms. The number of nitrogens with zero attached hydrogens (tertiary/aromatic N) is 5. The van der Waals surface area contributed by atoms with Crippen molar-refractivity contribution in [1.82, 2.24) is 24.9 Å². The van der Waals surface area contributed by atoms with Gasteiger partial charge in [-0.3, -0.25) is 9.48 Å². The van der Waals surface area contributed by atoms with E-state index in [0.29, 0.717) is 28.3 Å². The molecule has 1 saturated carbocycles. The molecule has 0 unspecified atom stereocenters. The van der Waals surface area contributed by atoms with Crippen molar-refractivity contribution in [2.75, 3.05) is 11.1 Å². The molecule has 5 rings (SSSR count). The van der Waals surface area contributed by atoms with Gasteiger partial charge in [0.2, 0.25) is 5.91 Å². The predicted molar refractivity (Wildman–Crippen MR) is 110 cm³/mol. The number of aromatic nitrogens is 5. The zero-order valence-corrected chi connectivity index (χ0v) is 16.3. The molecule has 1 aliphatic carbocycles. The van der Waals surface area contributed by atoms with E-state index in [1.807, 2.05) is 0 Å². The molecule has 9 nitrogen and oxygen atoms in total. The highest BCUT2D eigenvalue weighted by atomic mass is 19.1. The lowest BCUT2D eigenvalue weighted by Crippen LogP contribution is -2.15. The molecular weight excluding hydrogens is 401 g/mol. The van der Waals surface area contributed by atoms with Crippen molar-refractivity contribution < 1.29 is 13.7 Å². The van der Waals surface area contributed by atoms with Gasteiger partial charge in [0.1, 0.15) is 29.2 Å². The molecule has 1 fully saturated rings. The van der Waals surface area contributed by atoms with E-state index in [-0.39, 0.29) is 35.8 Å². The van der Waals surface area contributed by atoms with Crippen LogP contribution in [-0.2, 0) is 11.3 Å². The van der Waals surface area contributed by atoms with Crippen molar-refractivity contribution in [3.8, 4) is 22.9 Å². The number of nitrogen functional groups attached to an aromatic ring is 1. The van der Waals surface area contributed by atoms with Crippen LogP contribution in [0.4, 0.5) is 15.9 Å². The average molecular weight is 419 g/mol. The second kappa shape index (κ2) is 7.63. The maximum Gasteiger partial charge on any atom is 0.227 e. The lowest BCUT2D eigenvalue weighted by Gasteiger charge is -2.07. The minimum Gasteiger partial charge on any atom is -0.382 e. The van der Waals surface area contributed by atoms with Crippen molar-refractivity contribution in [2.24, 2.45) is 5.92 Å². The quantitative estimate of drug-likeness (QED) is 0.492. The molecule has 0 aliphatic heterocycles. The number of amides is 1. The SMILES string of the molecule is Nc1nc(-c2cc(-c3ccon3)n(Cc3ccccc3F)n2)ncc1NC(=O)C1CC1.